The molecule has 31 heavy (non-hydrogen) atoms. The van der Waals surface area contributed by atoms with Crippen LogP contribution < -0.4 is 0 Å². The van der Waals surface area contributed by atoms with Gasteiger partial charge in [0.15, 0.2) is 0 Å². The van der Waals surface area contributed by atoms with E-state index in [1.165, 1.54) is 11.3 Å². The van der Waals surface area contributed by atoms with Crippen molar-refractivity contribution < 1.29 is 8.42 Å². The number of aryl methyl sites for hydroxylation is 1. The van der Waals surface area contributed by atoms with E-state index < -0.39 is 10.0 Å². The molecular weight excluding hydrogens is 448 g/mol. The average Bonchev–Trinajstić information content (AvgIpc) is 3.34. The molecule has 1 aliphatic carbocycles. The molecule has 0 aliphatic heterocycles. The number of thiophene rings is 1. The van der Waals surface area contributed by atoms with Gasteiger partial charge in [-0.25, -0.2) is 8.42 Å². The third kappa shape index (κ3) is 4.41. The van der Waals surface area contributed by atoms with Gasteiger partial charge in [-0.05, 0) is 68.6 Å². The Kier molecular flexibility index (Phi) is 6.48. The summed E-state index contributed by atoms with van der Waals surface area (Å²) in [6.45, 7) is 2.75. The van der Waals surface area contributed by atoms with E-state index in [4.69, 9.17) is 11.6 Å². The van der Waals surface area contributed by atoms with Gasteiger partial charge in [-0.3, -0.25) is 0 Å². The number of hydrogen-bond acceptors (Lipinski definition) is 4. The number of halogens is 1. The first kappa shape index (κ1) is 22.7. The zero-order chi connectivity index (χ0) is 22.2. The number of benzene rings is 2. The van der Waals surface area contributed by atoms with Gasteiger partial charge in [0.25, 0.3) is 10.0 Å². The van der Waals surface area contributed by atoms with Crippen LogP contribution in [0.15, 0.2) is 52.7 Å². The highest BCUT2D eigenvalue weighted by molar-refractivity contribution is 7.91. The van der Waals surface area contributed by atoms with Crippen LogP contribution in [0.2, 0.25) is 5.02 Å². The number of rotatable bonds is 7. The average molecular weight is 477 g/mol. The molecule has 3 aromatic rings. The van der Waals surface area contributed by atoms with Gasteiger partial charge < -0.3 is 4.90 Å². The molecule has 2 aromatic carbocycles. The van der Waals surface area contributed by atoms with Crippen LogP contribution in [0, 0.1) is 6.92 Å². The zero-order valence-electron chi connectivity index (χ0n) is 18.3. The third-order valence-corrected chi connectivity index (χ3v) is 10.5. The smallest absolute Gasteiger partial charge is 0.253 e. The molecule has 0 amide bonds. The minimum Gasteiger partial charge on any atom is -0.302 e. The molecular formula is C24H29ClN2O2S2. The molecule has 1 aliphatic rings. The van der Waals surface area contributed by atoms with Crippen molar-refractivity contribution >= 4 is 43.0 Å². The van der Waals surface area contributed by atoms with Gasteiger partial charge in [-0.1, -0.05) is 54.8 Å². The summed E-state index contributed by atoms with van der Waals surface area (Å²) < 4.78 is 31.2. The van der Waals surface area contributed by atoms with Crippen LogP contribution in [0.4, 0.5) is 0 Å². The monoisotopic (exact) mass is 476 g/mol. The fourth-order valence-electron chi connectivity index (χ4n) is 4.66. The predicted octanol–water partition coefficient (Wildman–Crippen LogP) is 5.93. The van der Waals surface area contributed by atoms with Crippen molar-refractivity contribution in [1.29, 1.82) is 0 Å². The van der Waals surface area contributed by atoms with Crippen LogP contribution in [0.5, 0.6) is 0 Å². The number of likely N-dealkylation sites (N-methyl/N-ethyl adjacent to an activating group) is 1. The lowest BCUT2D eigenvalue weighted by Crippen LogP contribution is -2.52. The first-order valence-electron chi connectivity index (χ1n) is 10.6. The summed E-state index contributed by atoms with van der Waals surface area (Å²) >= 11 is 7.53. The SMILES string of the molecule is Cc1c(S(=O)(=O)N(Cc2ccccc2)CC2(N(C)C)CCCC2)sc2ccc(Cl)cc12. The molecule has 1 heterocycles. The van der Waals surface area contributed by atoms with E-state index in [2.05, 4.69) is 19.0 Å². The Hall–Kier alpha value is -1.44. The quantitative estimate of drug-likeness (QED) is 0.424. The fourth-order valence-corrected chi connectivity index (χ4v) is 8.22. The van der Waals surface area contributed by atoms with Crippen molar-refractivity contribution in [3.05, 3.63) is 64.7 Å². The normalized spacial score (nSPS) is 16.6. The number of hydrogen-bond donors (Lipinski definition) is 0. The molecule has 0 atom stereocenters. The topological polar surface area (TPSA) is 40.6 Å². The molecule has 0 spiro atoms. The molecule has 1 fully saturated rings. The van der Waals surface area contributed by atoms with Crippen molar-refractivity contribution in [2.45, 2.75) is 48.9 Å². The van der Waals surface area contributed by atoms with Crippen molar-refractivity contribution in [3.63, 3.8) is 0 Å². The molecule has 1 aromatic heterocycles. The summed E-state index contributed by atoms with van der Waals surface area (Å²) in [5.74, 6) is 0. The van der Waals surface area contributed by atoms with Crippen molar-refractivity contribution in [1.82, 2.24) is 9.21 Å². The molecule has 0 unspecified atom stereocenters. The Labute approximate surface area is 194 Å². The van der Waals surface area contributed by atoms with E-state index in [0.717, 1.165) is 46.9 Å². The molecule has 4 rings (SSSR count). The van der Waals surface area contributed by atoms with Crippen LogP contribution in [0.3, 0.4) is 0 Å². The lowest BCUT2D eigenvalue weighted by atomic mass is 9.96. The second-order valence-corrected chi connectivity index (χ2v) is 12.4. The molecule has 0 saturated heterocycles. The van der Waals surface area contributed by atoms with Gasteiger partial charge in [0.1, 0.15) is 4.21 Å². The third-order valence-electron chi connectivity index (χ3n) is 6.58. The minimum absolute atomic E-state index is 0.129. The summed E-state index contributed by atoms with van der Waals surface area (Å²) in [6.07, 6.45) is 4.30. The molecule has 0 bridgehead atoms. The maximum absolute atomic E-state index is 14.0. The molecule has 4 nitrogen and oxygen atoms in total. The molecule has 0 radical (unpaired) electrons. The van der Waals surface area contributed by atoms with Crippen LogP contribution in [-0.4, -0.2) is 43.8 Å². The second-order valence-electron chi connectivity index (χ2n) is 8.74. The van der Waals surface area contributed by atoms with Gasteiger partial charge in [0, 0.05) is 28.4 Å². The van der Waals surface area contributed by atoms with Crippen LogP contribution >= 0.6 is 22.9 Å². The first-order valence-corrected chi connectivity index (χ1v) is 13.3. The maximum atomic E-state index is 14.0. The Morgan fingerprint density at radius 1 is 1.06 bits per heavy atom. The highest BCUT2D eigenvalue weighted by atomic mass is 35.5. The standard InChI is InChI=1S/C24H29ClN2O2S2/c1-18-21-15-20(25)11-12-22(21)30-23(18)31(28,29)27(16-19-9-5-4-6-10-19)17-24(26(2)3)13-7-8-14-24/h4-6,9-12,15H,7-8,13-14,16-17H2,1-3H3. The van der Waals surface area contributed by atoms with Gasteiger partial charge in [-0.15, -0.1) is 11.3 Å². The minimum atomic E-state index is -3.68. The molecule has 166 valence electrons. The largest absolute Gasteiger partial charge is 0.302 e. The lowest BCUT2D eigenvalue weighted by Gasteiger charge is -2.40. The molecule has 1 saturated carbocycles. The Morgan fingerprint density at radius 3 is 2.39 bits per heavy atom. The molecule has 0 N–H and O–H groups in total. The Balaban J connectivity index is 1.79. The second kappa shape index (κ2) is 8.83. The lowest BCUT2D eigenvalue weighted by molar-refractivity contribution is 0.124. The van der Waals surface area contributed by atoms with Crippen LogP contribution in [-0.2, 0) is 16.6 Å². The Morgan fingerprint density at radius 2 is 1.74 bits per heavy atom. The van der Waals surface area contributed by atoms with Crippen LogP contribution in [0.25, 0.3) is 10.1 Å². The molecule has 7 heteroatoms. The van der Waals surface area contributed by atoms with Crippen molar-refractivity contribution in [2.24, 2.45) is 0 Å². The number of sulfonamides is 1. The first-order chi connectivity index (χ1) is 14.7. The highest BCUT2D eigenvalue weighted by Gasteiger charge is 2.41. The van der Waals surface area contributed by atoms with Gasteiger partial charge in [0.05, 0.1) is 0 Å². The van der Waals surface area contributed by atoms with E-state index in [1.54, 1.807) is 4.31 Å². The Bertz CT molecular complexity index is 1170. The van der Waals surface area contributed by atoms with Crippen molar-refractivity contribution in [3.8, 4) is 0 Å². The summed E-state index contributed by atoms with van der Waals surface area (Å²) in [5, 5.41) is 1.54. The summed E-state index contributed by atoms with van der Waals surface area (Å²) in [7, 11) is 0.468. The summed E-state index contributed by atoms with van der Waals surface area (Å²) in [5.41, 5.74) is 1.65. The van der Waals surface area contributed by atoms with E-state index in [0.29, 0.717) is 22.3 Å². The van der Waals surface area contributed by atoms with Crippen molar-refractivity contribution in [2.75, 3.05) is 20.6 Å². The fraction of sp³-hybridized carbons (Fsp3) is 0.417. The van der Waals surface area contributed by atoms with Gasteiger partial charge in [-0.2, -0.15) is 4.31 Å². The zero-order valence-corrected chi connectivity index (χ0v) is 20.7. The summed E-state index contributed by atoms with van der Waals surface area (Å²) in [4.78, 5) is 2.23. The van der Waals surface area contributed by atoms with E-state index >= 15 is 0 Å². The van der Waals surface area contributed by atoms with Crippen LogP contribution in [0.1, 0.15) is 36.8 Å². The highest BCUT2D eigenvalue weighted by Crippen LogP contribution is 2.40. The summed E-state index contributed by atoms with van der Waals surface area (Å²) in [6, 6.07) is 15.5. The van der Waals surface area contributed by atoms with E-state index in [1.807, 2.05) is 55.5 Å². The maximum Gasteiger partial charge on any atom is 0.253 e. The number of nitrogens with zero attached hydrogens (tertiary/aromatic N) is 2. The van der Waals surface area contributed by atoms with E-state index in [-0.39, 0.29) is 5.54 Å². The predicted molar refractivity (Wildman–Crippen MR) is 130 cm³/mol. The van der Waals surface area contributed by atoms with Gasteiger partial charge >= 0.3 is 0 Å². The van der Waals surface area contributed by atoms with Gasteiger partial charge in [0.2, 0.25) is 0 Å². The number of fused-ring (bicyclic) bond motifs is 1. The van der Waals surface area contributed by atoms with E-state index in [9.17, 15) is 8.42 Å².